The van der Waals surface area contributed by atoms with Gasteiger partial charge in [-0.3, -0.25) is 0 Å². The molecule has 1 heteroatoms. The highest BCUT2D eigenvalue weighted by atomic mass is 14.5. The first-order valence-electron chi connectivity index (χ1n) is 3.16. The van der Waals surface area contributed by atoms with Crippen LogP contribution in [0.15, 0.2) is 12.2 Å². The number of nitrogens with two attached hydrogens (primary N) is 1. The van der Waals surface area contributed by atoms with E-state index in [0.29, 0.717) is 6.54 Å². The molecule has 1 nitrogen and oxygen atoms in total. The maximum atomic E-state index is 5.22. The minimum Gasteiger partial charge on any atom is -0.327 e. The van der Waals surface area contributed by atoms with Gasteiger partial charge in [0.05, 0.1) is 0 Å². The van der Waals surface area contributed by atoms with Crippen molar-refractivity contribution in [2.75, 3.05) is 6.54 Å². The van der Waals surface area contributed by atoms with E-state index >= 15 is 0 Å². The molecule has 9 heavy (non-hydrogen) atoms. The number of unbranched alkanes of at least 4 members (excludes halogenated alkanes) is 1. The monoisotopic (exact) mass is 123 g/mol. The first kappa shape index (κ1) is 8.26. The molecule has 50 valence electrons. The van der Waals surface area contributed by atoms with E-state index in [1.807, 2.05) is 13.0 Å². The first-order chi connectivity index (χ1) is 4.41. The fraction of sp³-hybridized carbons (Fsp3) is 0.500. The van der Waals surface area contributed by atoms with Crippen molar-refractivity contribution in [2.45, 2.75) is 19.8 Å². The molecule has 0 aliphatic heterocycles. The predicted molar refractivity (Wildman–Crippen MR) is 40.9 cm³/mol. The summed E-state index contributed by atoms with van der Waals surface area (Å²) in [5.74, 6) is 5.79. The molecule has 0 saturated carbocycles. The van der Waals surface area contributed by atoms with E-state index in [-0.39, 0.29) is 0 Å². The Morgan fingerprint density at radius 2 is 2.22 bits per heavy atom. The Morgan fingerprint density at radius 3 is 2.78 bits per heavy atom. The lowest BCUT2D eigenvalue weighted by Crippen LogP contribution is -1.91. The van der Waals surface area contributed by atoms with Crippen LogP contribution < -0.4 is 5.73 Å². The van der Waals surface area contributed by atoms with Gasteiger partial charge in [0.2, 0.25) is 0 Å². The van der Waals surface area contributed by atoms with Gasteiger partial charge < -0.3 is 5.73 Å². The van der Waals surface area contributed by atoms with Gasteiger partial charge in [0.1, 0.15) is 0 Å². The third-order valence-electron chi connectivity index (χ3n) is 0.916. The van der Waals surface area contributed by atoms with Crippen LogP contribution >= 0.6 is 0 Å². The van der Waals surface area contributed by atoms with Crippen molar-refractivity contribution in [3.05, 3.63) is 12.2 Å². The number of hydrogen-bond donors (Lipinski definition) is 1. The second kappa shape index (κ2) is 7.26. The highest BCUT2D eigenvalue weighted by Crippen LogP contribution is 1.86. The molecule has 0 fully saturated rings. The van der Waals surface area contributed by atoms with Gasteiger partial charge >= 0.3 is 0 Å². The van der Waals surface area contributed by atoms with Gasteiger partial charge in [0.25, 0.3) is 0 Å². The summed E-state index contributed by atoms with van der Waals surface area (Å²) in [4.78, 5) is 0. The Labute approximate surface area is 56.9 Å². The van der Waals surface area contributed by atoms with Crippen LogP contribution in [0, 0.1) is 11.8 Å². The molecule has 0 amide bonds. The van der Waals surface area contributed by atoms with Gasteiger partial charge in [0, 0.05) is 13.0 Å². The van der Waals surface area contributed by atoms with Gasteiger partial charge in [0.15, 0.2) is 0 Å². The molecule has 0 bridgehead atoms. The number of allylic oxidation sites excluding steroid dienone is 1. The summed E-state index contributed by atoms with van der Waals surface area (Å²) in [5, 5.41) is 0. The lowest BCUT2D eigenvalue weighted by atomic mass is 10.3. The Morgan fingerprint density at radius 1 is 1.44 bits per heavy atom. The van der Waals surface area contributed by atoms with Crippen molar-refractivity contribution in [2.24, 2.45) is 5.73 Å². The molecule has 0 unspecified atom stereocenters. The predicted octanol–water partition coefficient (Wildman–Crippen LogP) is 1.30. The second-order valence-electron chi connectivity index (χ2n) is 1.67. The summed E-state index contributed by atoms with van der Waals surface area (Å²) in [6, 6.07) is 0. The highest BCUT2D eigenvalue weighted by molar-refractivity contribution is 4.97. The summed E-state index contributed by atoms with van der Waals surface area (Å²) in [6.45, 7) is 2.49. The van der Waals surface area contributed by atoms with E-state index in [9.17, 15) is 0 Å². The summed E-state index contributed by atoms with van der Waals surface area (Å²) in [7, 11) is 0. The van der Waals surface area contributed by atoms with Crippen molar-refractivity contribution in [1.29, 1.82) is 0 Å². The minimum atomic E-state index is 0.638. The van der Waals surface area contributed by atoms with Crippen molar-refractivity contribution in [3.8, 4) is 11.8 Å². The van der Waals surface area contributed by atoms with Crippen LogP contribution in [0.4, 0.5) is 0 Å². The summed E-state index contributed by atoms with van der Waals surface area (Å²) >= 11 is 0. The average molecular weight is 123 g/mol. The lowest BCUT2D eigenvalue weighted by molar-refractivity contribution is 1.07. The van der Waals surface area contributed by atoms with Crippen molar-refractivity contribution < 1.29 is 0 Å². The highest BCUT2D eigenvalue weighted by Gasteiger charge is 1.72. The van der Waals surface area contributed by atoms with Gasteiger partial charge in [-0.05, 0) is 13.3 Å². The van der Waals surface area contributed by atoms with Crippen LogP contribution in [0.3, 0.4) is 0 Å². The van der Waals surface area contributed by atoms with Crippen LogP contribution in [-0.4, -0.2) is 6.54 Å². The van der Waals surface area contributed by atoms with Gasteiger partial charge in [-0.25, -0.2) is 0 Å². The minimum absolute atomic E-state index is 0.638. The SMILES string of the molecule is CC#CCC/C=C/CN. The zero-order valence-electron chi connectivity index (χ0n) is 5.85. The van der Waals surface area contributed by atoms with Crippen LogP contribution in [-0.2, 0) is 0 Å². The molecular formula is C8H13N. The molecule has 0 aliphatic carbocycles. The molecule has 0 atom stereocenters. The fourth-order valence-corrected chi connectivity index (χ4v) is 0.495. The Balaban J connectivity index is 3.06. The topological polar surface area (TPSA) is 26.0 Å². The molecule has 0 aromatic rings. The Hall–Kier alpha value is -0.740. The van der Waals surface area contributed by atoms with Crippen molar-refractivity contribution in [3.63, 3.8) is 0 Å². The second-order valence-corrected chi connectivity index (χ2v) is 1.67. The van der Waals surface area contributed by atoms with Gasteiger partial charge in [-0.2, -0.15) is 0 Å². The van der Waals surface area contributed by atoms with E-state index in [2.05, 4.69) is 17.9 Å². The third-order valence-corrected chi connectivity index (χ3v) is 0.916. The van der Waals surface area contributed by atoms with E-state index in [1.165, 1.54) is 0 Å². The van der Waals surface area contributed by atoms with Crippen LogP contribution in [0.25, 0.3) is 0 Å². The molecule has 0 radical (unpaired) electrons. The summed E-state index contributed by atoms with van der Waals surface area (Å²) in [6.07, 6.45) is 5.99. The van der Waals surface area contributed by atoms with E-state index in [4.69, 9.17) is 5.73 Å². The molecular weight excluding hydrogens is 110 g/mol. The van der Waals surface area contributed by atoms with Crippen LogP contribution in [0.1, 0.15) is 19.8 Å². The quantitative estimate of drug-likeness (QED) is 0.342. The number of hydrogen-bond acceptors (Lipinski definition) is 1. The summed E-state index contributed by atoms with van der Waals surface area (Å²) in [5.41, 5.74) is 5.22. The zero-order chi connectivity index (χ0) is 6.95. The molecule has 0 aliphatic rings. The van der Waals surface area contributed by atoms with E-state index < -0.39 is 0 Å². The maximum Gasteiger partial charge on any atom is 0.0123 e. The molecule has 0 rings (SSSR count). The van der Waals surface area contributed by atoms with Crippen molar-refractivity contribution in [1.82, 2.24) is 0 Å². The largest absolute Gasteiger partial charge is 0.327 e. The van der Waals surface area contributed by atoms with Crippen LogP contribution in [0.2, 0.25) is 0 Å². The average Bonchev–Trinajstić information content (AvgIpc) is 1.89. The smallest absolute Gasteiger partial charge is 0.0123 e. The molecule has 0 heterocycles. The maximum absolute atomic E-state index is 5.22. The van der Waals surface area contributed by atoms with Crippen LogP contribution in [0.5, 0.6) is 0 Å². The lowest BCUT2D eigenvalue weighted by Gasteiger charge is -1.81. The molecule has 0 saturated heterocycles. The number of rotatable bonds is 3. The fourth-order valence-electron chi connectivity index (χ4n) is 0.495. The standard InChI is InChI=1S/C8H13N/c1-2-3-4-5-6-7-8-9/h6-7H,4-5,8-9H2,1H3/b7-6+. The molecule has 2 N–H and O–H groups in total. The van der Waals surface area contributed by atoms with E-state index in [1.54, 1.807) is 0 Å². The zero-order valence-corrected chi connectivity index (χ0v) is 5.85. The third kappa shape index (κ3) is 7.26. The van der Waals surface area contributed by atoms with E-state index in [0.717, 1.165) is 12.8 Å². The first-order valence-corrected chi connectivity index (χ1v) is 3.16. The van der Waals surface area contributed by atoms with Gasteiger partial charge in [-0.15, -0.1) is 11.8 Å². The Bertz CT molecular complexity index is 125. The van der Waals surface area contributed by atoms with Gasteiger partial charge in [-0.1, -0.05) is 12.2 Å². The molecule has 0 aromatic heterocycles. The molecule has 0 spiro atoms. The Kier molecular flexibility index (Phi) is 6.66. The summed E-state index contributed by atoms with van der Waals surface area (Å²) < 4.78 is 0. The normalized spacial score (nSPS) is 9.11. The van der Waals surface area contributed by atoms with Crippen molar-refractivity contribution >= 4 is 0 Å². The molecule has 0 aromatic carbocycles.